The van der Waals surface area contributed by atoms with E-state index in [2.05, 4.69) is 13.7 Å². The number of anilines is 1. The molecule has 0 aliphatic heterocycles. The zero-order chi connectivity index (χ0) is 10.3. The van der Waals surface area contributed by atoms with Crippen LogP contribution in [0.2, 0.25) is 0 Å². The number of aromatic nitrogens is 3. The Morgan fingerprint density at radius 1 is 1.13 bits per heavy atom. The maximum Gasteiger partial charge on any atom is 0.180 e. The topological polar surface area (TPSA) is 64.7 Å². The van der Waals surface area contributed by atoms with Gasteiger partial charge in [0.2, 0.25) is 0 Å². The number of nitrogens with two attached hydrogens (primary N) is 1. The van der Waals surface area contributed by atoms with Crippen molar-refractivity contribution in [2.45, 2.75) is 0 Å². The molecule has 15 heavy (non-hydrogen) atoms. The number of hydrogen-bond acceptors (Lipinski definition) is 6. The first-order chi connectivity index (χ1) is 7.33. The lowest BCUT2D eigenvalue weighted by Gasteiger charge is -1.94. The van der Waals surface area contributed by atoms with Crippen molar-refractivity contribution in [2.24, 2.45) is 0 Å². The van der Waals surface area contributed by atoms with Crippen LogP contribution < -0.4 is 5.73 Å². The Balaban J connectivity index is 2.18. The standard InChI is InChI=1S/C9H6N4S2/c10-9-11-8(4-14-9)5-1-2-6-7(3-5)13-15-12-6/h1-4H,(H2,10,11). The molecule has 2 N–H and O–H groups in total. The molecule has 0 atom stereocenters. The second-order valence-electron chi connectivity index (χ2n) is 3.04. The normalized spacial score (nSPS) is 10.9. The number of benzene rings is 1. The molecule has 3 aromatic rings. The molecule has 0 radical (unpaired) electrons. The van der Waals surface area contributed by atoms with Crippen molar-refractivity contribution in [2.75, 3.05) is 5.73 Å². The number of nitrogens with zero attached hydrogens (tertiary/aromatic N) is 3. The fraction of sp³-hybridized carbons (Fsp3) is 0. The van der Waals surface area contributed by atoms with E-state index in [0.717, 1.165) is 22.3 Å². The molecule has 4 nitrogen and oxygen atoms in total. The Kier molecular flexibility index (Phi) is 1.90. The van der Waals surface area contributed by atoms with Gasteiger partial charge in [-0.15, -0.1) is 11.3 Å². The highest BCUT2D eigenvalue weighted by Gasteiger charge is 2.05. The third-order valence-corrected chi connectivity index (χ3v) is 3.30. The lowest BCUT2D eigenvalue weighted by molar-refractivity contribution is 1.41. The molecule has 0 saturated heterocycles. The van der Waals surface area contributed by atoms with Crippen molar-refractivity contribution in [1.82, 2.24) is 13.7 Å². The van der Waals surface area contributed by atoms with Crippen LogP contribution in [0, 0.1) is 0 Å². The minimum Gasteiger partial charge on any atom is -0.375 e. The Morgan fingerprint density at radius 3 is 2.80 bits per heavy atom. The van der Waals surface area contributed by atoms with Gasteiger partial charge in [-0.1, -0.05) is 6.07 Å². The maximum atomic E-state index is 5.59. The summed E-state index contributed by atoms with van der Waals surface area (Å²) in [6.45, 7) is 0. The van der Waals surface area contributed by atoms with Crippen LogP contribution in [0.5, 0.6) is 0 Å². The molecular weight excluding hydrogens is 228 g/mol. The van der Waals surface area contributed by atoms with Gasteiger partial charge in [-0.2, -0.15) is 8.75 Å². The van der Waals surface area contributed by atoms with E-state index >= 15 is 0 Å². The molecule has 0 amide bonds. The van der Waals surface area contributed by atoms with Gasteiger partial charge in [0.05, 0.1) is 17.4 Å². The molecule has 0 saturated carbocycles. The summed E-state index contributed by atoms with van der Waals surface area (Å²) in [5.74, 6) is 0. The number of rotatable bonds is 1. The second kappa shape index (κ2) is 3.25. The minimum atomic E-state index is 0.585. The smallest absolute Gasteiger partial charge is 0.180 e. The number of thiazole rings is 1. The Hall–Kier alpha value is -1.53. The van der Waals surface area contributed by atoms with Crippen LogP contribution in [0.4, 0.5) is 5.13 Å². The molecule has 0 spiro atoms. The van der Waals surface area contributed by atoms with Gasteiger partial charge >= 0.3 is 0 Å². The van der Waals surface area contributed by atoms with Crippen LogP contribution in [-0.2, 0) is 0 Å². The van der Waals surface area contributed by atoms with Crippen LogP contribution in [0.15, 0.2) is 23.6 Å². The van der Waals surface area contributed by atoms with Crippen LogP contribution in [0.25, 0.3) is 22.3 Å². The Bertz CT molecular complexity index is 613. The van der Waals surface area contributed by atoms with E-state index in [4.69, 9.17) is 5.73 Å². The van der Waals surface area contributed by atoms with Crippen molar-refractivity contribution in [1.29, 1.82) is 0 Å². The summed E-state index contributed by atoms with van der Waals surface area (Å²) in [5, 5.41) is 2.53. The lowest BCUT2D eigenvalue weighted by atomic mass is 10.1. The monoisotopic (exact) mass is 234 g/mol. The van der Waals surface area contributed by atoms with E-state index in [1.807, 2.05) is 23.6 Å². The van der Waals surface area contributed by atoms with Gasteiger partial charge in [-0.25, -0.2) is 4.98 Å². The third-order valence-electron chi connectivity index (χ3n) is 2.07. The van der Waals surface area contributed by atoms with Crippen molar-refractivity contribution in [3.05, 3.63) is 23.6 Å². The van der Waals surface area contributed by atoms with Crippen LogP contribution in [0.1, 0.15) is 0 Å². The zero-order valence-corrected chi connectivity index (χ0v) is 9.18. The van der Waals surface area contributed by atoms with Gasteiger partial charge in [0.25, 0.3) is 0 Å². The fourth-order valence-electron chi connectivity index (χ4n) is 1.36. The van der Waals surface area contributed by atoms with Crippen molar-refractivity contribution >= 4 is 39.2 Å². The largest absolute Gasteiger partial charge is 0.375 e. The first-order valence-corrected chi connectivity index (χ1v) is 5.87. The first-order valence-electron chi connectivity index (χ1n) is 4.26. The molecule has 74 valence electrons. The predicted octanol–water partition coefficient (Wildman–Crippen LogP) is 2.40. The predicted molar refractivity (Wildman–Crippen MR) is 62.9 cm³/mol. The van der Waals surface area contributed by atoms with Gasteiger partial charge in [0.1, 0.15) is 11.0 Å². The number of fused-ring (bicyclic) bond motifs is 1. The number of nitrogen functional groups attached to an aromatic ring is 1. The summed E-state index contributed by atoms with van der Waals surface area (Å²) in [7, 11) is 0. The zero-order valence-electron chi connectivity index (χ0n) is 7.54. The summed E-state index contributed by atoms with van der Waals surface area (Å²) in [6, 6.07) is 5.91. The Labute approximate surface area is 93.7 Å². The second-order valence-corrected chi connectivity index (χ2v) is 4.46. The molecular formula is C9H6N4S2. The van der Waals surface area contributed by atoms with E-state index in [1.165, 1.54) is 23.1 Å². The van der Waals surface area contributed by atoms with Gasteiger partial charge < -0.3 is 5.73 Å². The quantitative estimate of drug-likeness (QED) is 0.702. The highest BCUT2D eigenvalue weighted by Crippen LogP contribution is 2.25. The first kappa shape index (κ1) is 8.75. The highest BCUT2D eigenvalue weighted by molar-refractivity contribution is 7.13. The average molecular weight is 234 g/mol. The fourth-order valence-corrected chi connectivity index (χ4v) is 2.45. The summed E-state index contributed by atoms with van der Waals surface area (Å²) < 4.78 is 8.33. The number of hydrogen-bond donors (Lipinski definition) is 1. The molecule has 0 aliphatic rings. The summed E-state index contributed by atoms with van der Waals surface area (Å²) >= 11 is 2.66. The van der Waals surface area contributed by atoms with E-state index < -0.39 is 0 Å². The van der Waals surface area contributed by atoms with E-state index in [-0.39, 0.29) is 0 Å². The lowest BCUT2D eigenvalue weighted by Crippen LogP contribution is -1.83. The van der Waals surface area contributed by atoms with E-state index in [0.29, 0.717) is 5.13 Å². The van der Waals surface area contributed by atoms with Gasteiger partial charge in [0, 0.05) is 10.9 Å². The molecule has 1 aromatic carbocycles. The molecule has 2 heterocycles. The summed E-state index contributed by atoms with van der Waals surface area (Å²) in [6.07, 6.45) is 0. The molecule has 6 heteroatoms. The van der Waals surface area contributed by atoms with Crippen molar-refractivity contribution < 1.29 is 0 Å². The Morgan fingerprint density at radius 2 is 2.00 bits per heavy atom. The molecule has 0 unspecified atom stereocenters. The van der Waals surface area contributed by atoms with Crippen LogP contribution in [0.3, 0.4) is 0 Å². The maximum absolute atomic E-state index is 5.59. The van der Waals surface area contributed by atoms with Gasteiger partial charge in [-0.3, -0.25) is 0 Å². The molecule has 3 rings (SSSR count). The molecule has 2 aromatic heterocycles. The van der Waals surface area contributed by atoms with E-state index in [9.17, 15) is 0 Å². The molecule has 0 fully saturated rings. The summed E-state index contributed by atoms with van der Waals surface area (Å²) in [5.41, 5.74) is 9.35. The van der Waals surface area contributed by atoms with Crippen molar-refractivity contribution in [3.63, 3.8) is 0 Å². The summed E-state index contributed by atoms with van der Waals surface area (Å²) in [4.78, 5) is 4.22. The molecule has 0 bridgehead atoms. The van der Waals surface area contributed by atoms with Crippen molar-refractivity contribution in [3.8, 4) is 11.3 Å². The third kappa shape index (κ3) is 1.47. The van der Waals surface area contributed by atoms with Gasteiger partial charge in [0.15, 0.2) is 5.13 Å². The van der Waals surface area contributed by atoms with E-state index in [1.54, 1.807) is 0 Å². The molecule has 0 aliphatic carbocycles. The van der Waals surface area contributed by atoms with Gasteiger partial charge in [-0.05, 0) is 12.1 Å². The average Bonchev–Trinajstić information content (AvgIpc) is 2.84. The highest BCUT2D eigenvalue weighted by atomic mass is 32.1. The minimum absolute atomic E-state index is 0.585. The SMILES string of the molecule is Nc1nc(-c2ccc3nsnc3c2)cs1. The van der Waals surface area contributed by atoms with Crippen LogP contribution in [-0.4, -0.2) is 13.7 Å². The van der Waals surface area contributed by atoms with Crippen LogP contribution >= 0.6 is 23.1 Å².